The van der Waals surface area contributed by atoms with Crippen LogP contribution >= 0.6 is 0 Å². The maximum Gasteiger partial charge on any atom is 0.252 e. The van der Waals surface area contributed by atoms with Gasteiger partial charge < -0.3 is 20.5 Å². The summed E-state index contributed by atoms with van der Waals surface area (Å²) in [6.45, 7) is 3.26. The molecule has 0 aliphatic carbocycles. The van der Waals surface area contributed by atoms with Crippen LogP contribution in [-0.2, 0) is 14.3 Å². The van der Waals surface area contributed by atoms with E-state index in [-0.39, 0.29) is 11.9 Å². The number of nitrogens with one attached hydrogen (secondary N) is 1. The van der Waals surface area contributed by atoms with E-state index >= 15 is 0 Å². The Kier molecular flexibility index (Phi) is 4.17. The lowest BCUT2D eigenvalue weighted by Gasteiger charge is -2.24. The third-order valence-corrected chi connectivity index (χ3v) is 2.90. The molecule has 1 fully saturated rings. The van der Waals surface area contributed by atoms with E-state index in [1.807, 2.05) is 31.2 Å². The Morgan fingerprint density at radius 1 is 1.39 bits per heavy atom. The Morgan fingerprint density at radius 3 is 2.72 bits per heavy atom. The molecular weight excluding hydrogens is 232 g/mol. The molecule has 0 bridgehead atoms. The number of rotatable bonds is 3. The number of nitrogen functional groups attached to an aromatic ring is 1. The summed E-state index contributed by atoms with van der Waals surface area (Å²) in [5.74, 6) is -0.140. The predicted molar refractivity (Wildman–Crippen MR) is 68.0 cm³/mol. The number of anilines is 1. The van der Waals surface area contributed by atoms with E-state index in [0.29, 0.717) is 25.5 Å². The summed E-state index contributed by atoms with van der Waals surface area (Å²) >= 11 is 0. The van der Waals surface area contributed by atoms with Crippen LogP contribution in [0.5, 0.6) is 0 Å². The smallest absolute Gasteiger partial charge is 0.252 e. The highest BCUT2D eigenvalue weighted by atomic mass is 16.6. The zero-order valence-electron chi connectivity index (χ0n) is 10.4. The molecule has 3 N–H and O–H groups in total. The van der Waals surface area contributed by atoms with Gasteiger partial charge >= 0.3 is 0 Å². The summed E-state index contributed by atoms with van der Waals surface area (Å²) in [5, 5.41) is 2.90. The Labute approximate surface area is 106 Å². The van der Waals surface area contributed by atoms with E-state index < -0.39 is 6.10 Å². The number of benzene rings is 1. The summed E-state index contributed by atoms with van der Waals surface area (Å²) in [7, 11) is 0. The van der Waals surface area contributed by atoms with Crippen molar-refractivity contribution in [3.8, 4) is 0 Å². The number of nitrogens with two attached hydrogens (primary N) is 1. The van der Waals surface area contributed by atoms with Gasteiger partial charge in [-0.25, -0.2) is 0 Å². The lowest BCUT2D eigenvalue weighted by Crippen LogP contribution is -2.43. The van der Waals surface area contributed by atoms with Crippen molar-refractivity contribution < 1.29 is 14.3 Å². The second-order valence-electron chi connectivity index (χ2n) is 4.33. The molecule has 2 atom stereocenters. The molecule has 98 valence electrons. The first-order chi connectivity index (χ1) is 8.66. The SMILES string of the molecule is CC(NC(=O)C1COCCO1)c1ccc(N)cc1. The highest BCUT2D eigenvalue weighted by Crippen LogP contribution is 2.14. The molecule has 18 heavy (non-hydrogen) atoms. The third-order valence-electron chi connectivity index (χ3n) is 2.90. The molecule has 5 nitrogen and oxygen atoms in total. The lowest BCUT2D eigenvalue weighted by atomic mass is 10.1. The van der Waals surface area contributed by atoms with Crippen LogP contribution in [0.4, 0.5) is 5.69 Å². The van der Waals surface area contributed by atoms with Gasteiger partial charge in [-0.3, -0.25) is 4.79 Å². The Bertz CT molecular complexity index is 399. The highest BCUT2D eigenvalue weighted by Gasteiger charge is 2.23. The molecule has 0 spiro atoms. The molecule has 5 heteroatoms. The second-order valence-corrected chi connectivity index (χ2v) is 4.33. The van der Waals surface area contributed by atoms with Gasteiger partial charge in [-0.15, -0.1) is 0 Å². The van der Waals surface area contributed by atoms with E-state index in [0.717, 1.165) is 5.56 Å². The van der Waals surface area contributed by atoms with Gasteiger partial charge in [0.15, 0.2) is 6.10 Å². The van der Waals surface area contributed by atoms with Gasteiger partial charge in [-0.2, -0.15) is 0 Å². The number of hydrogen-bond acceptors (Lipinski definition) is 4. The maximum atomic E-state index is 11.9. The molecule has 1 amide bonds. The first-order valence-corrected chi connectivity index (χ1v) is 6.02. The Morgan fingerprint density at radius 2 is 2.11 bits per heavy atom. The number of ether oxygens (including phenoxy) is 2. The monoisotopic (exact) mass is 250 g/mol. The molecule has 0 radical (unpaired) electrons. The zero-order chi connectivity index (χ0) is 13.0. The van der Waals surface area contributed by atoms with Crippen molar-refractivity contribution >= 4 is 11.6 Å². The number of hydrogen-bond donors (Lipinski definition) is 2. The normalized spacial score (nSPS) is 21.3. The van der Waals surface area contributed by atoms with Crippen molar-refractivity contribution in [1.29, 1.82) is 0 Å². The summed E-state index contributed by atoms with van der Waals surface area (Å²) in [6.07, 6.45) is -0.505. The van der Waals surface area contributed by atoms with Gasteiger partial charge in [0.2, 0.25) is 0 Å². The molecule has 2 rings (SSSR count). The average molecular weight is 250 g/mol. The number of carbonyl (C=O) groups excluding carboxylic acids is 1. The topological polar surface area (TPSA) is 73.6 Å². The van der Waals surface area contributed by atoms with Gasteiger partial charge in [-0.1, -0.05) is 12.1 Å². The van der Waals surface area contributed by atoms with Crippen molar-refractivity contribution in [2.24, 2.45) is 0 Å². The van der Waals surface area contributed by atoms with Crippen LogP contribution in [0.25, 0.3) is 0 Å². The van der Waals surface area contributed by atoms with Gasteiger partial charge in [0.1, 0.15) is 0 Å². The van der Waals surface area contributed by atoms with Crippen LogP contribution in [0.3, 0.4) is 0 Å². The minimum absolute atomic E-state index is 0.0800. The van der Waals surface area contributed by atoms with Gasteiger partial charge in [0.25, 0.3) is 5.91 Å². The molecule has 1 aromatic rings. The first kappa shape index (κ1) is 12.9. The fraction of sp³-hybridized carbons (Fsp3) is 0.462. The largest absolute Gasteiger partial charge is 0.399 e. The zero-order valence-corrected chi connectivity index (χ0v) is 10.4. The molecule has 0 aromatic heterocycles. The Balaban J connectivity index is 1.91. The van der Waals surface area contributed by atoms with Crippen LogP contribution in [0.2, 0.25) is 0 Å². The Hall–Kier alpha value is -1.59. The molecule has 1 aliphatic heterocycles. The van der Waals surface area contributed by atoms with E-state index in [1.54, 1.807) is 0 Å². The first-order valence-electron chi connectivity index (χ1n) is 6.02. The van der Waals surface area contributed by atoms with E-state index in [2.05, 4.69) is 5.32 Å². The molecule has 2 unspecified atom stereocenters. The van der Waals surface area contributed by atoms with Crippen LogP contribution in [0, 0.1) is 0 Å². The van der Waals surface area contributed by atoms with Crippen LogP contribution in [-0.4, -0.2) is 31.8 Å². The summed E-state index contributed by atoms with van der Waals surface area (Å²) in [5.41, 5.74) is 7.34. The summed E-state index contributed by atoms with van der Waals surface area (Å²) < 4.78 is 10.5. The van der Waals surface area contributed by atoms with Crippen molar-refractivity contribution in [2.75, 3.05) is 25.6 Å². The van der Waals surface area contributed by atoms with Crippen LogP contribution in [0.1, 0.15) is 18.5 Å². The number of carbonyl (C=O) groups is 1. The van der Waals surface area contributed by atoms with Gasteiger partial charge in [0, 0.05) is 5.69 Å². The van der Waals surface area contributed by atoms with Crippen molar-refractivity contribution in [3.05, 3.63) is 29.8 Å². The minimum Gasteiger partial charge on any atom is -0.399 e. The summed E-state index contributed by atoms with van der Waals surface area (Å²) in [4.78, 5) is 11.9. The van der Waals surface area contributed by atoms with E-state index in [9.17, 15) is 4.79 Å². The van der Waals surface area contributed by atoms with Gasteiger partial charge in [-0.05, 0) is 24.6 Å². The lowest BCUT2D eigenvalue weighted by molar-refractivity contribution is -0.148. The summed E-state index contributed by atoms with van der Waals surface area (Å²) in [6, 6.07) is 7.36. The fourth-order valence-corrected chi connectivity index (χ4v) is 1.81. The van der Waals surface area contributed by atoms with Crippen molar-refractivity contribution in [3.63, 3.8) is 0 Å². The van der Waals surface area contributed by atoms with E-state index in [1.165, 1.54) is 0 Å². The van der Waals surface area contributed by atoms with E-state index in [4.69, 9.17) is 15.2 Å². The molecule has 1 aliphatic rings. The number of amides is 1. The quantitative estimate of drug-likeness (QED) is 0.780. The fourth-order valence-electron chi connectivity index (χ4n) is 1.81. The molecule has 1 aromatic carbocycles. The van der Waals surface area contributed by atoms with Crippen LogP contribution in [0.15, 0.2) is 24.3 Å². The molecule has 0 saturated carbocycles. The van der Waals surface area contributed by atoms with Crippen LogP contribution < -0.4 is 11.1 Å². The molecule has 1 heterocycles. The third kappa shape index (κ3) is 3.21. The maximum absolute atomic E-state index is 11.9. The van der Waals surface area contributed by atoms with Gasteiger partial charge in [0.05, 0.1) is 25.9 Å². The van der Waals surface area contributed by atoms with Crippen molar-refractivity contribution in [1.82, 2.24) is 5.32 Å². The predicted octanol–water partition coefficient (Wildman–Crippen LogP) is 0.861. The highest BCUT2D eigenvalue weighted by molar-refractivity contribution is 5.81. The van der Waals surface area contributed by atoms with Crippen molar-refractivity contribution in [2.45, 2.75) is 19.1 Å². The molecule has 1 saturated heterocycles. The average Bonchev–Trinajstić information content (AvgIpc) is 2.40. The standard InChI is InChI=1S/C13H18N2O3/c1-9(10-2-4-11(14)5-3-10)15-13(16)12-8-17-6-7-18-12/h2-5,9,12H,6-8,14H2,1H3,(H,15,16). The minimum atomic E-state index is -0.505. The molecular formula is C13H18N2O3. The second kappa shape index (κ2) is 5.84.